The molecule has 0 unspecified atom stereocenters. The third kappa shape index (κ3) is 2.27. The number of carbonyl (C=O) groups excluding carboxylic acids is 2. The van der Waals surface area contributed by atoms with E-state index in [0.717, 1.165) is 11.1 Å². The summed E-state index contributed by atoms with van der Waals surface area (Å²) >= 11 is 0. The number of fused-ring (bicyclic) bond motifs is 1. The van der Waals surface area contributed by atoms with Gasteiger partial charge in [0.25, 0.3) is 5.91 Å². The summed E-state index contributed by atoms with van der Waals surface area (Å²) in [6, 6.07) is 3.53. The Morgan fingerprint density at radius 3 is 2.65 bits per heavy atom. The van der Waals surface area contributed by atoms with Crippen LogP contribution in [0.4, 0.5) is 5.88 Å². The van der Waals surface area contributed by atoms with Crippen LogP contribution in [0.5, 0.6) is 5.75 Å². The third-order valence-corrected chi connectivity index (χ3v) is 2.84. The molecule has 0 spiro atoms. The van der Waals surface area contributed by atoms with Crippen LogP contribution in [-0.2, 0) is 9.59 Å². The number of aldehydes is 1. The molecule has 1 aromatic heterocycles. The third-order valence-electron chi connectivity index (χ3n) is 2.84. The molecule has 0 bridgehead atoms. The largest absolute Gasteiger partial charge is 0.488 e. The number of benzene rings is 1. The standard InChI is InChI=1S/C14H13NO5/c1-7-4-8(2)11-9(5-7)20-14(15-10(17)6-16)13(19-3)12(11)18/h4-6H,1-3H3,(H,15,17). The molecule has 2 rings (SSSR count). The molecule has 0 saturated heterocycles. The van der Waals surface area contributed by atoms with Gasteiger partial charge < -0.3 is 9.15 Å². The minimum atomic E-state index is -0.921. The van der Waals surface area contributed by atoms with Gasteiger partial charge in [-0.2, -0.15) is 0 Å². The SMILES string of the molecule is COc1c(NC(=O)C=O)oc2cc(C)cc(C)c2c1=O. The second kappa shape index (κ2) is 5.16. The number of ether oxygens (including phenoxy) is 1. The highest BCUT2D eigenvalue weighted by atomic mass is 16.5. The topological polar surface area (TPSA) is 85.6 Å². The summed E-state index contributed by atoms with van der Waals surface area (Å²) in [6.07, 6.45) is 0.0884. The molecule has 0 saturated carbocycles. The molecule has 0 aliphatic rings. The van der Waals surface area contributed by atoms with Crippen molar-refractivity contribution < 1.29 is 18.7 Å². The molecule has 1 heterocycles. The lowest BCUT2D eigenvalue weighted by atomic mass is 10.1. The van der Waals surface area contributed by atoms with Crippen LogP contribution in [0, 0.1) is 13.8 Å². The van der Waals surface area contributed by atoms with Gasteiger partial charge in [-0.1, -0.05) is 6.07 Å². The Kier molecular flexibility index (Phi) is 3.56. The van der Waals surface area contributed by atoms with E-state index in [4.69, 9.17) is 9.15 Å². The number of anilines is 1. The highest BCUT2D eigenvalue weighted by molar-refractivity contribution is 6.29. The van der Waals surface area contributed by atoms with Gasteiger partial charge in [0.1, 0.15) is 5.58 Å². The fourth-order valence-corrected chi connectivity index (χ4v) is 2.08. The number of hydrogen-bond acceptors (Lipinski definition) is 5. The number of carbonyl (C=O) groups is 2. The molecule has 104 valence electrons. The summed E-state index contributed by atoms with van der Waals surface area (Å²) in [5.74, 6) is -1.23. The van der Waals surface area contributed by atoms with Crippen molar-refractivity contribution in [2.75, 3.05) is 12.4 Å². The summed E-state index contributed by atoms with van der Waals surface area (Å²) in [5.41, 5.74) is 1.60. The Hall–Kier alpha value is -2.63. The van der Waals surface area contributed by atoms with Crippen molar-refractivity contribution in [3.05, 3.63) is 33.5 Å². The lowest BCUT2D eigenvalue weighted by molar-refractivity contribution is -0.127. The smallest absolute Gasteiger partial charge is 0.290 e. The summed E-state index contributed by atoms with van der Waals surface area (Å²) in [5, 5.41) is 2.57. The van der Waals surface area contributed by atoms with Crippen LogP contribution >= 0.6 is 0 Å². The van der Waals surface area contributed by atoms with E-state index >= 15 is 0 Å². The fourth-order valence-electron chi connectivity index (χ4n) is 2.08. The molecule has 6 nitrogen and oxygen atoms in total. The van der Waals surface area contributed by atoms with E-state index < -0.39 is 11.3 Å². The van der Waals surface area contributed by atoms with Crippen LogP contribution in [0.25, 0.3) is 11.0 Å². The predicted octanol–water partition coefficient (Wildman–Crippen LogP) is 1.56. The Morgan fingerprint density at radius 2 is 2.05 bits per heavy atom. The Bertz CT molecular complexity index is 760. The first-order valence-corrected chi connectivity index (χ1v) is 5.86. The van der Waals surface area contributed by atoms with E-state index in [1.54, 1.807) is 13.0 Å². The van der Waals surface area contributed by atoms with Gasteiger partial charge in [0.05, 0.1) is 12.5 Å². The zero-order valence-electron chi connectivity index (χ0n) is 11.3. The molecule has 0 atom stereocenters. The summed E-state index contributed by atoms with van der Waals surface area (Å²) in [6.45, 7) is 3.65. The van der Waals surface area contributed by atoms with Crippen LogP contribution in [0.2, 0.25) is 0 Å². The van der Waals surface area contributed by atoms with Crippen molar-refractivity contribution in [3.63, 3.8) is 0 Å². The number of hydrogen-bond donors (Lipinski definition) is 1. The van der Waals surface area contributed by atoms with E-state index in [2.05, 4.69) is 5.32 Å². The lowest BCUT2D eigenvalue weighted by Gasteiger charge is -2.10. The fraction of sp³-hybridized carbons (Fsp3) is 0.214. The van der Waals surface area contributed by atoms with Crippen molar-refractivity contribution in [3.8, 4) is 5.75 Å². The van der Waals surface area contributed by atoms with Crippen LogP contribution < -0.4 is 15.5 Å². The molecular weight excluding hydrogens is 262 g/mol. The van der Waals surface area contributed by atoms with Crippen molar-refractivity contribution in [1.82, 2.24) is 0 Å². The van der Waals surface area contributed by atoms with Crippen LogP contribution in [-0.4, -0.2) is 19.3 Å². The highest BCUT2D eigenvalue weighted by Crippen LogP contribution is 2.27. The zero-order chi connectivity index (χ0) is 14.9. The van der Waals surface area contributed by atoms with Crippen molar-refractivity contribution in [1.29, 1.82) is 0 Å². The van der Waals surface area contributed by atoms with Gasteiger partial charge in [0.2, 0.25) is 23.3 Å². The van der Waals surface area contributed by atoms with Gasteiger partial charge in [0, 0.05) is 0 Å². The Labute approximate surface area is 114 Å². The minimum Gasteiger partial charge on any atom is -0.488 e. The van der Waals surface area contributed by atoms with Gasteiger partial charge in [0.15, 0.2) is 0 Å². The van der Waals surface area contributed by atoms with E-state index in [-0.39, 0.29) is 17.9 Å². The lowest BCUT2D eigenvalue weighted by Crippen LogP contribution is -2.17. The van der Waals surface area contributed by atoms with E-state index in [0.29, 0.717) is 11.0 Å². The normalized spacial score (nSPS) is 10.3. The van der Waals surface area contributed by atoms with E-state index in [1.165, 1.54) is 7.11 Å². The maximum atomic E-state index is 12.4. The van der Waals surface area contributed by atoms with Crippen molar-refractivity contribution in [2.24, 2.45) is 0 Å². The van der Waals surface area contributed by atoms with Gasteiger partial charge in [-0.15, -0.1) is 0 Å². The van der Waals surface area contributed by atoms with E-state index in [1.807, 2.05) is 13.0 Å². The minimum absolute atomic E-state index is 0.0884. The zero-order valence-corrected chi connectivity index (χ0v) is 11.3. The maximum Gasteiger partial charge on any atom is 0.290 e. The van der Waals surface area contributed by atoms with Gasteiger partial charge in [-0.3, -0.25) is 19.7 Å². The molecule has 0 radical (unpaired) electrons. The second-order valence-corrected chi connectivity index (χ2v) is 4.36. The number of aryl methyl sites for hydroxylation is 2. The first kappa shape index (κ1) is 13.8. The molecule has 2 aromatic rings. The van der Waals surface area contributed by atoms with Crippen LogP contribution in [0.15, 0.2) is 21.3 Å². The van der Waals surface area contributed by atoms with Crippen molar-refractivity contribution >= 4 is 29.0 Å². The van der Waals surface area contributed by atoms with E-state index in [9.17, 15) is 14.4 Å². The predicted molar refractivity (Wildman–Crippen MR) is 73.2 cm³/mol. The van der Waals surface area contributed by atoms with Crippen LogP contribution in [0.1, 0.15) is 11.1 Å². The number of rotatable bonds is 3. The van der Waals surface area contributed by atoms with Gasteiger partial charge >= 0.3 is 0 Å². The highest BCUT2D eigenvalue weighted by Gasteiger charge is 2.18. The number of nitrogens with one attached hydrogen (secondary N) is 1. The van der Waals surface area contributed by atoms with Gasteiger partial charge in [-0.05, 0) is 31.0 Å². The Balaban J connectivity index is 2.79. The molecule has 1 amide bonds. The molecule has 0 aliphatic carbocycles. The second-order valence-electron chi connectivity index (χ2n) is 4.36. The summed E-state index contributed by atoms with van der Waals surface area (Å²) in [4.78, 5) is 33.9. The molecule has 1 N–H and O–H groups in total. The average Bonchev–Trinajstić information content (AvgIpc) is 2.37. The molecule has 0 fully saturated rings. The van der Waals surface area contributed by atoms with Crippen LogP contribution in [0.3, 0.4) is 0 Å². The molecular formula is C14H13NO5. The van der Waals surface area contributed by atoms with Gasteiger partial charge in [-0.25, -0.2) is 0 Å². The number of methoxy groups -OCH3 is 1. The summed E-state index contributed by atoms with van der Waals surface area (Å²) in [7, 11) is 1.29. The molecule has 0 aliphatic heterocycles. The quantitative estimate of drug-likeness (QED) is 0.678. The molecule has 6 heteroatoms. The average molecular weight is 275 g/mol. The Morgan fingerprint density at radius 1 is 1.35 bits per heavy atom. The maximum absolute atomic E-state index is 12.4. The van der Waals surface area contributed by atoms with Crippen molar-refractivity contribution in [2.45, 2.75) is 13.8 Å². The first-order chi connectivity index (χ1) is 9.47. The monoisotopic (exact) mass is 275 g/mol. The molecule has 20 heavy (non-hydrogen) atoms. The molecule has 1 aromatic carbocycles. The number of amides is 1. The summed E-state index contributed by atoms with van der Waals surface area (Å²) < 4.78 is 10.5. The first-order valence-electron chi connectivity index (χ1n) is 5.86.